The number of aliphatic carboxylic acids is 1. The minimum atomic E-state index is -0.847. The zero-order valence-corrected chi connectivity index (χ0v) is 11.8. The molecular formula is C13H21N3O4. The van der Waals surface area contributed by atoms with Crippen molar-refractivity contribution in [2.75, 3.05) is 6.54 Å². The van der Waals surface area contributed by atoms with Crippen molar-refractivity contribution in [3.8, 4) is 0 Å². The van der Waals surface area contributed by atoms with Crippen LogP contribution in [0.15, 0.2) is 16.9 Å². The summed E-state index contributed by atoms with van der Waals surface area (Å²) < 4.78 is 4.65. The van der Waals surface area contributed by atoms with Gasteiger partial charge in [0.05, 0.1) is 6.54 Å². The molecule has 0 aliphatic rings. The van der Waals surface area contributed by atoms with Crippen LogP contribution in [0.2, 0.25) is 0 Å². The van der Waals surface area contributed by atoms with Gasteiger partial charge in [0, 0.05) is 19.0 Å². The third-order valence-electron chi connectivity index (χ3n) is 2.74. The fourth-order valence-electron chi connectivity index (χ4n) is 1.95. The molecule has 0 radical (unpaired) electrons. The summed E-state index contributed by atoms with van der Waals surface area (Å²) >= 11 is 0. The van der Waals surface area contributed by atoms with Gasteiger partial charge in [-0.3, -0.25) is 4.79 Å². The van der Waals surface area contributed by atoms with E-state index in [1.165, 1.54) is 6.26 Å². The van der Waals surface area contributed by atoms with Gasteiger partial charge in [-0.2, -0.15) is 0 Å². The van der Waals surface area contributed by atoms with Crippen LogP contribution in [-0.4, -0.2) is 28.8 Å². The van der Waals surface area contributed by atoms with Crippen molar-refractivity contribution in [3.05, 3.63) is 18.0 Å². The van der Waals surface area contributed by atoms with E-state index in [0.29, 0.717) is 18.2 Å². The molecule has 1 unspecified atom stereocenters. The Hall–Kier alpha value is -2.05. The van der Waals surface area contributed by atoms with Crippen molar-refractivity contribution in [1.29, 1.82) is 0 Å². The van der Waals surface area contributed by atoms with E-state index in [1.54, 1.807) is 6.07 Å². The minimum Gasteiger partial charge on any atom is -0.481 e. The lowest BCUT2D eigenvalue weighted by Gasteiger charge is -2.17. The average Bonchev–Trinajstić information content (AvgIpc) is 2.85. The standard InChI is InChI=1S/C13H21N3O4/c1-9(2)5-10(6-12(17)18)7-14-13(19)15-8-11-3-4-20-16-11/h3-4,9-10H,5-8H2,1-2H3,(H,17,18)(H2,14,15,19). The number of carboxylic acids is 1. The van der Waals surface area contributed by atoms with Crippen LogP contribution in [0.1, 0.15) is 32.4 Å². The normalized spacial score (nSPS) is 12.2. The third kappa shape index (κ3) is 6.77. The Kier molecular flexibility index (Phi) is 6.55. The molecule has 0 spiro atoms. The van der Waals surface area contributed by atoms with E-state index in [9.17, 15) is 9.59 Å². The van der Waals surface area contributed by atoms with Crippen molar-refractivity contribution in [1.82, 2.24) is 15.8 Å². The first-order chi connectivity index (χ1) is 9.47. The Labute approximate surface area is 117 Å². The van der Waals surface area contributed by atoms with Crippen LogP contribution in [0.4, 0.5) is 4.79 Å². The van der Waals surface area contributed by atoms with Gasteiger partial charge in [-0.05, 0) is 18.3 Å². The zero-order valence-electron chi connectivity index (χ0n) is 11.8. The molecule has 0 saturated carbocycles. The average molecular weight is 283 g/mol. The lowest BCUT2D eigenvalue weighted by atomic mass is 9.94. The Morgan fingerprint density at radius 1 is 1.40 bits per heavy atom. The van der Waals surface area contributed by atoms with Crippen LogP contribution < -0.4 is 10.6 Å². The second-order valence-electron chi connectivity index (χ2n) is 5.15. The second-order valence-corrected chi connectivity index (χ2v) is 5.15. The molecule has 112 valence electrons. The fraction of sp³-hybridized carbons (Fsp3) is 0.615. The Bertz CT molecular complexity index is 417. The fourth-order valence-corrected chi connectivity index (χ4v) is 1.95. The molecule has 0 saturated heterocycles. The predicted octanol–water partition coefficient (Wildman–Crippen LogP) is 1.61. The van der Waals surface area contributed by atoms with Gasteiger partial charge in [-0.1, -0.05) is 19.0 Å². The molecule has 1 aromatic rings. The smallest absolute Gasteiger partial charge is 0.315 e. The topological polar surface area (TPSA) is 104 Å². The number of hydrogen-bond acceptors (Lipinski definition) is 4. The number of rotatable bonds is 8. The summed E-state index contributed by atoms with van der Waals surface area (Å²) in [5.74, 6) is -0.523. The van der Waals surface area contributed by atoms with Crippen molar-refractivity contribution in [2.24, 2.45) is 11.8 Å². The van der Waals surface area contributed by atoms with Crippen LogP contribution in [0.3, 0.4) is 0 Å². The van der Waals surface area contributed by atoms with Crippen molar-refractivity contribution in [3.63, 3.8) is 0 Å². The summed E-state index contributed by atoms with van der Waals surface area (Å²) in [6.07, 6.45) is 2.25. The molecule has 7 nitrogen and oxygen atoms in total. The summed E-state index contributed by atoms with van der Waals surface area (Å²) in [4.78, 5) is 22.4. The summed E-state index contributed by atoms with van der Waals surface area (Å²) in [6, 6.07) is 1.32. The quantitative estimate of drug-likeness (QED) is 0.672. The van der Waals surface area contributed by atoms with Gasteiger partial charge >= 0.3 is 12.0 Å². The number of aromatic nitrogens is 1. The number of amides is 2. The summed E-state index contributed by atoms with van der Waals surface area (Å²) in [7, 11) is 0. The van der Waals surface area contributed by atoms with Gasteiger partial charge in [-0.15, -0.1) is 0 Å². The molecule has 0 aliphatic heterocycles. The summed E-state index contributed by atoms with van der Waals surface area (Å²) in [6.45, 7) is 4.67. The molecule has 20 heavy (non-hydrogen) atoms. The van der Waals surface area contributed by atoms with Crippen molar-refractivity contribution in [2.45, 2.75) is 33.2 Å². The van der Waals surface area contributed by atoms with E-state index in [2.05, 4.69) is 20.3 Å². The third-order valence-corrected chi connectivity index (χ3v) is 2.74. The first kappa shape index (κ1) is 16.0. The highest BCUT2D eigenvalue weighted by molar-refractivity contribution is 5.74. The number of urea groups is 1. The Morgan fingerprint density at radius 3 is 2.70 bits per heavy atom. The number of carbonyl (C=O) groups is 2. The number of nitrogens with one attached hydrogen (secondary N) is 2. The molecule has 1 aromatic heterocycles. The van der Waals surface area contributed by atoms with Crippen LogP contribution in [0.25, 0.3) is 0 Å². The van der Waals surface area contributed by atoms with Gasteiger partial charge in [0.1, 0.15) is 12.0 Å². The maximum atomic E-state index is 11.6. The second kappa shape index (κ2) is 8.19. The van der Waals surface area contributed by atoms with Crippen LogP contribution in [0, 0.1) is 11.8 Å². The first-order valence-electron chi connectivity index (χ1n) is 6.60. The Morgan fingerprint density at radius 2 is 2.15 bits per heavy atom. The summed E-state index contributed by atoms with van der Waals surface area (Å²) in [5, 5.41) is 17.8. The molecule has 1 atom stereocenters. The van der Waals surface area contributed by atoms with Gasteiger partial charge in [0.15, 0.2) is 0 Å². The van der Waals surface area contributed by atoms with Crippen molar-refractivity contribution < 1.29 is 19.2 Å². The molecule has 0 fully saturated rings. The number of carboxylic acid groups (broad SMARTS) is 1. The number of hydrogen-bond donors (Lipinski definition) is 3. The van der Waals surface area contributed by atoms with Gasteiger partial charge in [0.25, 0.3) is 0 Å². The Balaban J connectivity index is 2.30. The molecule has 0 aliphatic carbocycles. The molecule has 7 heteroatoms. The minimum absolute atomic E-state index is 0.0573. The van der Waals surface area contributed by atoms with Crippen LogP contribution in [-0.2, 0) is 11.3 Å². The van der Waals surface area contributed by atoms with Crippen molar-refractivity contribution >= 4 is 12.0 Å². The SMILES string of the molecule is CC(C)CC(CNC(=O)NCc1ccon1)CC(=O)O. The summed E-state index contributed by atoms with van der Waals surface area (Å²) in [5.41, 5.74) is 0.629. The largest absolute Gasteiger partial charge is 0.481 e. The van der Waals surface area contributed by atoms with E-state index in [-0.39, 0.29) is 24.9 Å². The van der Waals surface area contributed by atoms with E-state index in [0.717, 1.165) is 6.42 Å². The number of nitrogens with zero attached hydrogens (tertiary/aromatic N) is 1. The van der Waals surface area contributed by atoms with Gasteiger partial charge in [0.2, 0.25) is 0 Å². The lowest BCUT2D eigenvalue weighted by Crippen LogP contribution is -2.38. The zero-order chi connectivity index (χ0) is 15.0. The van der Waals surface area contributed by atoms with E-state index < -0.39 is 5.97 Å². The van der Waals surface area contributed by atoms with E-state index in [4.69, 9.17) is 5.11 Å². The molecule has 2 amide bonds. The van der Waals surface area contributed by atoms with Crippen LogP contribution in [0.5, 0.6) is 0 Å². The maximum Gasteiger partial charge on any atom is 0.315 e. The van der Waals surface area contributed by atoms with Gasteiger partial charge in [-0.25, -0.2) is 4.79 Å². The number of carbonyl (C=O) groups excluding carboxylic acids is 1. The maximum absolute atomic E-state index is 11.6. The highest BCUT2D eigenvalue weighted by Gasteiger charge is 2.16. The molecule has 0 bridgehead atoms. The van der Waals surface area contributed by atoms with Gasteiger partial charge < -0.3 is 20.3 Å². The lowest BCUT2D eigenvalue weighted by molar-refractivity contribution is -0.138. The molecule has 1 rings (SSSR count). The molecular weight excluding hydrogens is 262 g/mol. The molecule has 3 N–H and O–H groups in total. The monoisotopic (exact) mass is 283 g/mol. The van der Waals surface area contributed by atoms with E-state index in [1.807, 2.05) is 13.8 Å². The molecule has 1 heterocycles. The predicted molar refractivity (Wildman–Crippen MR) is 71.9 cm³/mol. The first-order valence-corrected chi connectivity index (χ1v) is 6.60. The van der Waals surface area contributed by atoms with E-state index >= 15 is 0 Å². The highest BCUT2D eigenvalue weighted by Crippen LogP contribution is 2.14. The van der Waals surface area contributed by atoms with Crippen LogP contribution >= 0.6 is 0 Å². The molecule has 0 aromatic carbocycles. The highest BCUT2D eigenvalue weighted by atomic mass is 16.5.